The van der Waals surface area contributed by atoms with E-state index in [-0.39, 0.29) is 36.2 Å². The monoisotopic (exact) mass is 424 g/mol. The van der Waals surface area contributed by atoms with Crippen LogP contribution in [0.4, 0.5) is 0 Å². The van der Waals surface area contributed by atoms with Crippen LogP contribution < -0.4 is 5.32 Å². The largest absolute Gasteiger partial charge is 0.336 e. The van der Waals surface area contributed by atoms with Crippen LogP contribution in [-0.4, -0.2) is 50.2 Å². The van der Waals surface area contributed by atoms with Gasteiger partial charge >= 0.3 is 0 Å². The van der Waals surface area contributed by atoms with Crippen LogP contribution in [0.2, 0.25) is 0 Å². The zero-order valence-electron chi connectivity index (χ0n) is 13.2. The smallest absolute Gasteiger partial charge is 0.238 e. The van der Waals surface area contributed by atoms with Gasteiger partial charge in [0.2, 0.25) is 5.91 Å². The maximum Gasteiger partial charge on any atom is 0.238 e. The molecule has 0 bridgehead atoms. The molecule has 0 radical (unpaired) electrons. The summed E-state index contributed by atoms with van der Waals surface area (Å²) in [5.74, 6) is -0.860. The molecule has 0 saturated carbocycles. The second-order valence-corrected chi connectivity index (χ2v) is 8.71. The Morgan fingerprint density at radius 1 is 1.39 bits per heavy atom. The molecule has 1 aliphatic heterocycles. The van der Waals surface area contributed by atoms with Crippen molar-refractivity contribution >= 4 is 44.1 Å². The fraction of sp³-hybridized carbons (Fsp3) is 0.533. The highest BCUT2D eigenvalue weighted by Crippen LogP contribution is 2.16. The molecular weight excluding hydrogens is 404 g/mol. The number of hydrogen-bond acceptors (Lipinski definition) is 4. The summed E-state index contributed by atoms with van der Waals surface area (Å²) in [6.07, 6.45) is 0. The number of carbonyl (C=O) groups excluding carboxylic acids is 1. The van der Waals surface area contributed by atoms with Gasteiger partial charge in [-0.1, -0.05) is 28.1 Å². The summed E-state index contributed by atoms with van der Waals surface area (Å²) < 4.78 is 25.4. The van der Waals surface area contributed by atoms with Crippen LogP contribution in [0.25, 0.3) is 0 Å². The Balaban J connectivity index is 0.00000264. The van der Waals surface area contributed by atoms with E-state index in [9.17, 15) is 13.2 Å². The number of amides is 1. The molecule has 130 valence electrons. The van der Waals surface area contributed by atoms with Crippen molar-refractivity contribution in [3.8, 4) is 0 Å². The summed E-state index contributed by atoms with van der Waals surface area (Å²) in [7, 11) is -3.47. The molecular formula is C15H22BrClN2O3S. The first-order chi connectivity index (χ1) is 10.3. The highest BCUT2D eigenvalue weighted by atomic mass is 79.9. The lowest BCUT2D eigenvalue weighted by atomic mass is 10.1. The van der Waals surface area contributed by atoms with Crippen LogP contribution in [0, 0.1) is 0 Å². The molecule has 23 heavy (non-hydrogen) atoms. The van der Waals surface area contributed by atoms with Gasteiger partial charge in [0, 0.05) is 29.6 Å². The van der Waals surface area contributed by atoms with Crippen LogP contribution in [-0.2, 0) is 20.4 Å². The number of piperazine rings is 1. The standard InChI is InChI=1S/C15H21BrN2O3S.ClH/c1-11-12(2)18(7-6-17-11)15(19)10-22(20,21)9-13-4-3-5-14(16)8-13;/h3-5,8,11-12,17H,6-7,9-10H2,1-2H3;1H. The van der Waals surface area contributed by atoms with Crippen molar-refractivity contribution < 1.29 is 13.2 Å². The average molecular weight is 426 g/mol. The van der Waals surface area contributed by atoms with Crippen molar-refractivity contribution in [1.29, 1.82) is 0 Å². The number of nitrogens with one attached hydrogen (secondary N) is 1. The molecule has 1 saturated heterocycles. The summed E-state index contributed by atoms with van der Waals surface area (Å²) >= 11 is 3.32. The minimum Gasteiger partial charge on any atom is -0.336 e. The van der Waals surface area contributed by atoms with Crippen LogP contribution in [0.3, 0.4) is 0 Å². The second kappa shape index (κ2) is 8.46. The SMILES string of the molecule is CC1NCCN(C(=O)CS(=O)(=O)Cc2cccc(Br)c2)C1C.Cl. The van der Waals surface area contributed by atoms with E-state index in [1.807, 2.05) is 19.9 Å². The van der Waals surface area contributed by atoms with Gasteiger partial charge in [-0.25, -0.2) is 8.42 Å². The maximum atomic E-state index is 12.3. The van der Waals surface area contributed by atoms with E-state index in [0.29, 0.717) is 18.7 Å². The highest BCUT2D eigenvalue weighted by Gasteiger charge is 2.30. The topological polar surface area (TPSA) is 66.5 Å². The van der Waals surface area contributed by atoms with Gasteiger partial charge in [0.05, 0.1) is 5.75 Å². The molecule has 0 spiro atoms. The van der Waals surface area contributed by atoms with Crippen molar-refractivity contribution in [3.05, 3.63) is 34.3 Å². The molecule has 2 rings (SSSR count). The lowest BCUT2D eigenvalue weighted by Gasteiger charge is -2.38. The first-order valence-corrected chi connectivity index (χ1v) is 9.87. The van der Waals surface area contributed by atoms with Gasteiger partial charge in [-0.05, 0) is 31.5 Å². The molecule has 1 amide bonds. The summed E-state index contributed by atoms with van der Waals surface area (Å²) in [5.41, 5.74) is 0.684. The molecule has 0 aliphatic carbocycles. The Labute approximate surface area is 152 Å². The van der Waals surface area contributed by atoms with Crippen molar-refractivity contribution in [2.24, 2.45) is 0 Å². The molecule has 5 nitrogen and oxygen atoms in total. The van der Waals surface area contributed by atoms with Gasteiger partial charge in [0.25, 0.3) is 0 Å². The van der Waals surface area contributed by atoms with E-state index in [0.717, 1.165) is 4.47 Å². The maximum absolute atomic E-state index is 12.3. The number of hydrogen-bond donors (Lipinski definition) is 1. The third-order valence-electron chi connectivity index (χ3n) is 3.97. The van der Waals surface area contributed by atoms with Crippen LogP contribution in [0.1, 0.15) is 19.4 Å². The molecule has 1 aromatic carbocycles. The fourth-order valence-electron chi connectivity index (χ4n) is 2.61. The molecule has 8 heteroatoms. The molecule has 2 unspecified atom stereocenters. The quantitative estimate of drug-likeness (QED) is 0.801. The predicted octanol–water partition coefficient (Wildman–Crippen LogP) is 1.99. The molecule has 2 atom stereocenters. The summed E-state index contributed by atoms with van der Waals surface area (Å²) in [6, 6.07) is 7.31. The van der Waals surface area contributed by atoms with Crippen molar-refractivity contribution in [2.45, 2.75) is 31.7 Å². The number of rotatable bonds is 4. The normalized spacial score (nSPS) is 21.6. The zero-order chi connectivity index (χ0) is 16.3. The highest BCUT2D eigenvalue weighted by molar-refractivity contribution is 9.10. The van der Waals surface area contributed by atoms with E-state index >= 15 is 0 Å². The van der Waals surface area contributed by atoms with Gasteiger partial charge in [-0.15, -0.1) is 12.4 Å². The molecule has 1 fully saturated rings. The first kappa shape index (κ1) is 20.4. The van der Waals surface area contributed by atoms with Crippen molar-refractivity contribution in [1.82, 2.24) is 10.2 Å². The van der Waals surface area contributed by atoms with E-state index in [4.69, 9.17) is 0 Å². The Morgan fingerprint density at radius 3 is 2.74 bits per heavy atom. The summed E-state index contributed by atoms with van der Waals surface area (Å²) in [6.45, 7) is 5.19. The Morgan fingerprint density at radius 2 is 2.09 bits per heavy atom. The Hall–Kier alpha value is -0.630. The number of sulfone groups is 1. The lowest BCUT2D eigenvalue weighted by Crippen LogP contribution is -2.58. The van der Waals surface area contributed by atoms with Gasteiger partial charge in [0.15, 0.2) is 9.84 Å². The minimum absolute atomic E-state index is 0. The predicted molar refractivity (Wildman–Crippen MR) is 97.5 cm³/mol. The number of benzene rings is 1. The van der Waals surface area contributed by atoms with Crippen LogP contribution >= 0.6 is 28.3 Å². The summed E-state index contributed by atoms with van der Waals surface area (Å²) in [4.78, 5) is 14.0. The van der Waals surface area contributed by atoms with Crippen LogP contribution in [0.5, 0.6) is 0 Å². The Bertz CT molecular complexity index is 654. The fourth-order valence-corrected chi connectivity index (χ4v) is 4.39. The van der Waals surface area contributed by atoms with Crippen molar-refractivity contribution in [2.75, 3.05) is 18.8 Å². The van der Waals surface area contributed by atoms with E-state index in [2.05, 4.69) is 21.2 Å². The van der Waals surface area contributed by atoms with Gasteiger partial charge in [0.1, 0.15) is 5.75 Å². The van der Waals surface area contributed by atoms with E-state index < -0.39 is 15.6 Å². The number of halogens is 2. The van der Waals surface area contributed by atoms with Gasteiger partial charge in [-0.2, -0.15) is 0 Å². The summed E-state index contributed by atoms with van der Waals surface area (Å²) in [5, 5.41) is 3.28. The van der Waals surface area contributed by atoms with Gasteiger partial charge in [-0.3, -0.25) is 4.79 Å². The Kier molecular flexibility index (Phi) is 7.51. The lowest BCUT2D eigenvalue weighted by molar-refractivity contribution is -0.132. The number of nitrogens with zero attached hydrogens (tertiary/aromatic N) is 1. The zero-order valence-corrected chi connectivity index (χ0v) is 16.4. The second-order valence-electron chi connectivity index (χ2n) is 5.73. The van der Waals surface area contributed by atoms with E-state index in [1.165, 1.54) is 0 Å². The molecule has 1 heterocycles. The average Bonchev–Trinajstić information content (AvgIpc) is 2.40. The first-order valence-electron chi connectivity index (χ1n) is 7.26. The molecule has 1 aromatic rings. The van der Waals surface area contributed by atoms with Crippen molar-refractivity contribution in [3.63, 3.8) is 0 Å². The third kappa shape index (κ3) is 5.74. The van der Waals surface area contributed by atoms with Crippen LogP contribution in [0.15, 0.2) is 28.7 Å². The number of carbonyl (C=O) groups is 1. The third-order valence-corrected chi connectivity index (χ3v) is 5.93. The molecule has 1 aliphatic rings. The molecule has 1 N–H and O–H groups in total. The van der Waals surface area contributed by atoms with E-state index in [1.54, 1.807) is 23.1 Å². The van der Waals surface area contributed by atoms with Gasteiger partial charge < -0.3 is 10.2 Å². The minimum atomic E-state index is -3.47. The molecule has 0 aromatic heterocycles.